The van der Waals surface area contributed by atoms with Crippen LogP contribution in [-0.4, -0.2) is 38.4 Å². The van der Waals surface area contributed by atoms with Gasteiger partial charge in [-0.2, -0.15) is 0 Å². The molecule has 1 aliphatic heterocycles. The van der Waals surface area contributed by atoms with E-state index in [0.717, 1.165) is 0 Å². The Balaban J connectivity index is 2.14. The number of fused-ring (bicyclic) bond motifs is 1. The van der Waals surface area contributed by atoms with Crippen LogP contribution in [-0.2, 0) is 19.0 Å². The van der Waals surface area contributed by atoms with Gasteiger partial charge in [0, 0.05) is 12.3 Å². The van der Waals surface area contributed by atoms with E-state index in [2.05, 4.69) is 5.32 Å². The SMILES string of the molecule is COC1=CC2NC(=O)CC(c3cc(C(N)O)ccc3F)C2C(OC)=C1OC. The highest BCUT2D eigenvalue weighted by Crippen LogP contribution is 2.45. The van der Waals surface area contributed by atoms with E-state index in [1.807, 2.05) is 0 Å². The number of amides is 1. The summed E-state index contributed by atoms with van der Waals surface area (Å²) in [6.07, 6.45) is 0.550. The fraction of sp³-hybridized carbons (Fsp3) is 0.421. The second-order valence-corrected chi connectivity index (χ2v) is 6.49. The molecule has 1 heterocycles. The average Bonchev–Trinajstić information content (AvgIpc) is 2.65. The van der Waals surface area contributed by atoms with Crippen molar-refractivity contribution in [2.45, 2.75) is 24.6 Å². The Morgan fingerprint density at radius 1 is 1.26 bits per heavy atom. The van der Waals surface area contributed by atoms with Crippen molar-refractivity contribution in [1.82, 2.24) is 5.32 Å². The minimum atomic E-state index is -1.24. The van der Waals surface area contributed by atoms with E-state index < -0.39 is 29.9 Å². The van der Waals surface area contributed by atoms with Gasteiger partial charge in [-0.3, -0.25) is 4.79 Å². The summed E-state index contributed by atoms with van der Waals surface area (Å²) in [6, 6.07) is 3.71. The van der Waals surface area contributed by atoms with Gasteiger partial charge in [0.25, 0.3) is 0 Å². The summed E-state index contributed by atoms with van der Waals surface area (Å²) in [5.74, 6) is -0.333. The summed E-state index contributed by atoms with van der Waals surface area (Å²) < 4.78 is 31.1. The van der Waals surface area contributed by atoms with Crippen LogP contribution in [0.2, 0.25) is 0 Å². The molecule has 4 unspecified atom stereocenters. The number of hydrogen-bond acceptors (Lipinski definition) is 6. The smallest absolute Gasteiger partial charge is 0.221 e. The molecule has 4 atom stereocenters. The maximum Gasteiger partial charge on any atom is 0.221 e. The number of nitrogens with two attached hydrogens (primary N) is 1. The van der Waals surface area contributed by atoms with E-state index in [4.69, 9.17) is 19.9 Å². The molecule has 0 radical (unpaired) electrons. The van der Waals surface area contributed by atoms with Crippen molar-refractivity contribution in [3.05, 3.63) is 58.5 Å². The van der Waals surface area contributed by atoms with Crippen LogP contribution in [0.3, 0.4) is 0 Å². The Kier molecular flexibility index (Phi) is 5.38. The largest absolute Gasteiger partial charge is 0.497 e. The maximum absolute atomic E-state index is 14.7. The molecule has 1 saturated heterocycles. The lowest BCUT2D eigenvalue weighted by Crippen LogP contribution is -2.50. The maximum atomic E-state index is 14.7. The van der Waals surface area contributed by atoms with Crippen molar-refractivity contribution < 1.29 is 28.5 Å². The summed E-state index contributed by atoms with van der Waals surface area (Å²) >= 11 is 0. The standard InChI is InChI=1S/C19H23FN2O5/c1-25-14-8-13-16(18(27-3)17(14)26-2)11(7-15(23)22-13)10-6-9(19(21)24)4-5-12(10)20/h4-6,8,11,13,16,19,24H,7,21H2,1-3H3,(H,22,23). The quantitative estimate of drug-likeness (QED) is 0.670. The van der Waals surface area contributed by atoms with E-state index in [0.29, 0.717) is 28.4 Å². The Morgan fingerprint density at radius 2 is 2.00 bits per heavy atom. The molecule has 1 aliphatic carbocycles. The van der Waals surface area contributed by atoms with Gasteiger partial charge < -0.3 is 30.4 Å². The molecule has 7 nitrogen and oxygen atoms in total. The molecule has 0 bridgehead atoms. The number of carbonyl (C=O) groups excluding carboxylic acids is 1. The van der Waals surface area contributed by atoms with E-state index in [1.54, 1.807) is 6.08 Å². The zero-order valence-corrected chi connectivity index (χ0v) is 15.4. The normalized spacial score (nSPS) is 25.9. The third-order valence-electron chi connectivity index (χ3n) is 5.04. The lowest BCUT2D eigenvalue weighted by atomic mass is 9.72. The van der Waals surface area contributed by atoms with Crippen molar-refractivity contribution in [1.29, 1.82) is 0 Å². The van der Waals surface area contributed by atoms with Gasteiger partial charge in [-0.1, -0.05) is 6.07 Å². The molecule has 1 aromatic rings. The van der Waals surface area contributed by atoms with Crippen LogP contribution in [0, 0.1) is 11.7 Å². The van der Waals surface area contributed by atoms with Gasteiger partial charge in [-0.05, 0) is 29.3 Å². The molecule has 146 valence electrons. The van der Waals surface area contributed by atoms with Crippen LogP contribution in [0.1, 0.15) is 29.7 Å². The van der Waals surface area contributed by atoms with Crippen LogP contribution < -0.4 is 11.1 Å². The third-order valence-corrected chi connectivity index (χ3v) is 5.04. The number of carbonyl (C=O) groups is 1. The Morgan fingerprint density at radius 3 is 2.59 bits per heavy atom. The van der Waals surface area contributed by atoms with E-state index in [-0.39, 0.29) is 12.3 Å². The van der Waals surface area contributed by atoms with Crippen molar-refractivity contribution in [2.75, 3.05) is 21.3 Å². The molecule has 0 spiro atoms. The monoisotopic (exact) mass is 378 g/mol. The zero-order valence-electron chi connectivity index (χ0n) is 15.4. The second kappa shape index (κ2) is 7.58. The van der Waals surface area contributed by atoms with Crippen molar-refractivity contribution >= 4 is 5.91 Å². The van der Waals surface area contributed by atoms with Crippen LogP contribution in [0.4, 0.5) is 4.39 Å². The van der Waals surface area contributed by atoms with Crippen molar-refractivity contribution in [2.24, 2.45) is 11.7 Å². The molecular weight excluding hydrogens is 355 g/mol. The minimum absolute atomic E-state index is 0.0578. The predicted octanol–water partition coefficient (Wildman–Crippen LogP) is 1.41. The number of rotatable bonds is 5. The molecule has 0 aromatic heterocycles. The highest BCUT2D eigenvalue weighted by Gasteiger charge is 2.45. The van der Waals surface area contributed by atoms with Gasteiger partial charge >= 0.3 is 0 Å². The number of ether oxygens (including phenoxy) is 3. The molecule has 2 aliphatic rings. The van der Waals surface area contributed by atoms with E-state index in [9.17, 15) is 14.3 Å². The number of aliphatic hydroxyl groups excluding tert-OH is 1. The number of nitrogens with one attached hydrogen (secondary N) is 1. The van der Waals surface area contributed by atoms with E-state index >= 15 is 0 Å². The molecule has 27 heavy (non-hydrogen) atoms. The van der Waals surface area contributed by atoms with Gasteiger partial charge in [0.2, 0.25) is 5.91 Å². The highest BCUT2D eigenvalue weighted by molar-refractivity contribution is 5.79. The Labute approximate surface area is 156 Å². The number of hydrogen-bond donors (Lipinski definition) is 3. The van der Waals surface area contributed by atoms with Crippen LogP contribution >= 0.6 is 0 Å². The van der Waals surface area contributed by atoms with Gasteiger partial charge in [0.1, 0.15) is 17.8 Å². The lowest BCUT2D eigenvalue weighted by molar-refractivity contribution is -0.124. The molecular formula is C19H23FN2O5. The summed E-state index contributed by atoms with van der Waals surface area (Å²) in [5.41, 5.74) is 6.19. The number of benzene rings is 1. The molecule has 1 fully saturated rings. The topological polar surface area (TPSA) is 103 Å². The zero-order chi connectivity index (χ0) is 19.7. The van der Waals surface area contributed by atoms with Gasteiger partial charge in [0.15, 0.2) is 11.5 Å². The predicted molar refractivity (Wildman–Crippen MR) is 94.5 cm³/mol. The Bertz CT molecular complexity index is 805. The number of halogens is 1. The summed E-state index contributed by atoms with van der Waals surface area (Å²) in [5, 5.41) is 12.5. The summed E-state index contributed by atoms with van der Waals surface area (Å²) in [4.78, 5) is 12.3. The number of piperidine rings is 1. The first-order valence-corrected chi connectivity index (χ1v) is 8.51. The van der Waals surface area contributed by atoms with Gasteiger partial charge in [0.05, 0.1) is 33.3 Å². The molecule has 1 amide bonds. The van der Waals surface area contributed by atoms with Crippen LogP contribution in [0.25, 0.3) is 0 Å². The van der Waals surface area contributed by atoms with Gasteiger partial charge in [-0.15, -0.1) is 0 Å². The summed E-state index contributed by atoms with van der Waals surface area (Å²) in [6.45, 7) is 0. The molecule has 1 aromatic carbocycles. The molecule has 0 saturated carbocycles. The average molecular weight is 378 g/mol. The van der Waals surface area contributed by atoms with Crippen LogP contribution in [0.15, 0.2) is 41.6 Å². The number of aliphatic hydroxyl groups is 1. The first-order valence-electron chi connectivity index (χ1n) is 8.51. The molecule has 3 rings (SSSR count). The van der Waals surface area contributed by atoms with E-state index in [1.165, 1.54) is 39.5 Å². The molecule has 4 N–H and O–H groups in total. The van der Waals surface area contributed by atoms with Gasteiger partial charge in [-0.25, -0.2) is 4.39 Å². The van der Waals surface area contributed by atoms with Crippen molar-refractivity contribution in [3.8, 4) is 0 Å². The lowest BCUT2D eigenvalue weighted by Gasteiger charge is -2.41. The minimum Gasteiger partial charge on any atom is -0.497 e. The summed E-state index contributed by atoms with van der Waals surface area (Å²) in [7, 11) is 4.48. The highest BCUT2D eigenvalue weighted by atomic mass is 19.1. The second-order valence-electron chi connectivity index (χ2n) is 6.49. The van der Waals surface area contributed by atoms with Crippen LogP contribution in [0.5, 0.6) is 0 Å². The Hall–Kier alpha value is -2.58. The third kappa shape index (κ3) is 3.38. The fourth-order valence-corrected chi connectivity index (χ4v) is 3.84. The fourth-order valence-electron chi connectivity index (χ4n) is 3.84. The van der Waals surface area contributed by atoms with Crippen molar-refractivity contribution in [3.63, 3.8) is 0 Å². The first kappa shape index (κ1) is 19.2. The molecule has 8 heteroatoms. The number of methoxy groups -OCH3 is 3. The first-order chi connectivity index (χ1) is 12.9.